The summed E-state index contributed by atoms with van der Waals surface area (Å²) in [5.74, 6) is -0.374. The second kappa shape index (κ2) is 7.45. The van der Waals surface area contributed by atoms with Crippen molar-refractivity contribution in [3.63, 3.8) is 0 Å². The summed E-state index contributed by atoms with van der Waals surface area (Å²) >= 11 is 0. The first kappa shape index (κ1) is 18.4. The Bertz CT molecular complexity index is 729. The molecule has 1 aliphatic carbocycles. The van der Waals surface area contributed by atoms with Gasteiger partial charge < -0.3 is 21.3 Å². The fraction of sp³-hybridized carbons (Fsp3) is 0.526. The molecule has 7 nitrogen and oxygen atoms in total. The third-order valence-corrected chi connectivity index (χ3v) is 5.36. The number of hydrogen-bond acceptors (Lipinski definition) is 4. The predicted octanol–water partition coefficient (Wildman–Crippen LogP) is 1.02. The molecule has 140 valence electrons. The molecule has 4 N–H and O–H groups in total. The van der Waals surface area contributed by atoms with Gasteiger partial charge in [-0.05, 0) is 43.9 Å². The summed E-state index contributed by atoms with van der Waals surface area (Å²) in [6.45, 7) is 2.23. The molecule has 3 rings (SSSR count). The molecule has 7 heteroatoms. The molecule has 1 aromatic carbocycles. The Balaban J connectivity index is 1.79. The Morgan fingerprint density at radius 3 is 2.54 bits per heavy atom. The van der Waals surface area contributed by atoms with Crippen LogP contribution in [-0.4, -0.2) is 48.3 Å². The van der Waals surface area contributed by atoms with Crippen molar-refractivity contribution in [2.24, 2.45) is 11.7 Å². The average Bonchev–Trinajstić information content (AvgIpc) is 2.95. The Labute approximate surface area is 153 Å². The molecule has 2 atom stereocenters. The van der Waals surface area contributed by atoms with E-state index in [1.54, 1.807) is 19.2 Å². The lowest BCUT2D eigenvalue weighted by Gasteiger charge is -2.25. The van der Waals surface area contributed by atoms with E-state index in [0.29, 0.717) is 24.2 Å². The van der Waals surface area contributed by atoms with Gasteiger partial charge in [-0.1, -0.05) is 12.5 Å². The number of amides is 3. The first-order valence-electron chi connectivity index (χ1n) is 9.10. The fourth-order valence-electron chi connectivity index (χ4n) is 3.47. The maximum atomic E-state index is 13.0. The van der Waals surface area contributed by atoms with Crippen LogP contribution in [0.5, 0.6) is 0 Å². The summed E-state index contributed by atoms with van der Waals surface area (Å²) in [7, 11) is 1.55. The number of rotatable bonds is 4. The van der Waals surface area contributed by atoms with Crippen molar-refractivity contribution < 1.29 is 14.4 Å². The molecule has 1 aliphatic heterocycles. The number of nitrogens with two attached hydrogens (primary N) is 1. The van der Waals surface area contributed by atoms with Gasteiger partial charge in [-0.15, -0.1) is 0 Å². The Hall–Kier alpha value is -2.41. The smallest absolute Gasteiger partial charge is 0.254 e. The molecular weight excluding hydrogens is 332 g/mol. The molecule has 1 saturated carbocycles. The highest BCUT2D eigenvalue weighted by Crippen LogP contribution is 2.29. The number of aryl methyl sites for hydroxylation is 1. The minimum Gasteiger partial charge on any atom is -0.357 e. The van der Waals surface area contributed by atoms with E-state index in [9.17, 15) is 14.4 Å². The molecule has 0 radical (unpaired) electrons. The lowest BCUT2D eigenvalue weighted by atomic mass is 9.84. The monoisotopic (exact) mass is 358 g/mol. The number of nitrogens with one attached hydrogen (secondary N) is 2. The number of anilines is 1. The normalized spacial score (nSPS) is 22.7. The highest BCUT2D eigenvalue weighted by atomic mass is 16.2. The fourth-order valence-corrected chi connectivity index (χ4v) is 3.47. The van der Waals surface area contributed by atoms with Crippen LogP contribution in [-0.2, 0) is 9.59 Å². The average molecular weight is 358 g/mol. The van der Waals surface area contributed by atoms with Crippen molar-refractivity contribution in [2.45, 2.75) is 44.7 Å². The topological polar surface area (TPSA) is 105 Å². The van der Waals surface area contributed by atoms with Gasteiger partial charge in [0.1, 0.15) is 6.04 Å². The zero-order chi connectivity index (χ0) is 18.8. The summed E-state index contributed by atoms with van der Waals surface area (Å²) in [6.07, 6.45) is 3.38. The van der Waals surface area contributed by atoms with Crippen LogP contribution < -0.4 is 16.4 Å². The minimum atomic E-state index is -0.558. The van der Waals surface area contributed by atoms with Gasteiger partial charge in [-0.2, -0.15) is 0 Å². The number of likely N-dealkylation sites (tertiary alicyclic amines) is 1. The van der Waals surface area contributed by atoms with E-state index < -0.39 is 6.04 Å². The molecule has 26 heavy (non-hydrogen) atoms. The molecule has 0 spiro atoms. The van der Waals surface area contributed by atoms with Crippen molar-refractivity contribution in [1.29, 1.82) is 0 Å². The summed E-state index contributed by atoms with van der Waals surface area (Å²) < 4.78 is 0. The van der Waals surface area contributed by atoms with Crippen LogP contribution in [0.3, 0.4) is 0 Å². The first-order valence-corrected chi connectivity index (χ1v) is 9.10. The van der Waals surface area contributed by atoms with E-state index in [1.807, 2.05) is 13.0 Å². The Morgan fingerprint density at radius 2 is 1.92 bits per heavy atom. The van der Waals surface area contributed by atoms with Gasteiger partial charge in [-0.25, -0.2) is 0 Å². The summed E-state index contributed by atoms with van der Waals surface area (Å²) in [5, 5.41) is 5.53. The standard InChI is InChI=1S/C19H26N4O3/c1-11-6-7-13(8-15(11)22-17(24)12-4-3-5-12)19(26)23-10-14(20)9-16(23)18(25)21-2/h6-8,12,14,16H,3-5,9-10,20H2,1-2H3,(H,21,25)(H,22,24)/t14-,16+/m1/s1. The van der Waals surface area contributed by atoms with Gasteiger partial charge in [-0.3, -0.25) is 14.4 Å². The molecule has 0 unspecified atom stereocenters. The number of likely N-dealkylation sites (N-methyl/N-ethyl adjacent to an activating group) is 1. The van der Waals surface area contributed by atoms with Gasteiger partial charge >= 0.3 is 0 Å². The van der Waals surface area contributed by atoms with E-state index >= 15 is 0 Å². The third-order valence-electron chi connectivity index (χ3n) is 5.36. The lowest BCUT2D eigenvalue weighted by Crippen LogP contribution is -2.45. The molecular formula is C19H26N4O3. The van der Waals surface area contributed by atoms with E-state index in [2.05, 4.69) is 10.6 Å². The van der Waals surface area contributed by atoms with Crippen LogP contribution in [0.25, 0.3) is 0 Å². The quantitative estimate of drug-likeness (QED) is 0.747. The van der Waals surface area contributed by atoms with E-state index in [0.717, 1.165) is 24.8 Å². The van der Waals surface area contributed by atoms with Gasteiger partial charge in [0.2, 0.25) is 11.8 Å². The van der Waals surface area contributed by atoms with Crippen LogP contribution >= 0.6 is 0 Å². The van der Waals surface area contributed by atoms with E-state index in [-0.39, 0.29) is 29.7 Å². The lowest BCUT2D eigenvalue weighted by molar-refractivity contribution is -0.124. The predicted molar refractivity (Wildman–Crippen MR) is 98.6 cm³/mol. The van der Waals surface area contributed by atoms with Gasteiger partial charge in [0.05, 0.1) is 0 Å². The van der Waals surface area contributed by atoms with Gasteiger partial charge in [0.25, 0.3) is 5.91 Å². The number of benzene rings is 1. The van der Waals surface area contributed by atoms with Crippen molar-refractivity contribution in [3.8, 4) is 0 Å². The van der Waals surface area contributed by atoms with Crippen molar-refractivity contribution >= 4 is 23.4 Å². The number of hydrogen-bond donors (Lipinski definition) is 3. The molecule has 1 saturated heterocycles. The number of nitrogens with zero attached hydrogens (tertiary/aromatic N) is 1. The van der Waals surface area contributed by atoms with Gasteiger partial charge in [0.15, 0.2) is 0 Å². The summed E-state index contributed by atoms with van der Waals surface area (Å²) in [5.41, 5.74) is 7.96. The minimum absolute atomic E-state index is 0.00961. The molecule has 2 fully saturated rings. The molecule has 3 amide bonds. The maximum Gasteiger partial charge on any atom is 0.254 e. The molecule has 1 heterocycles. The third kappa shape index (κ3) is 3.58. The van der Waals surface area contributed by atoms with Gasteiger partial charge in [0, 0.05) is 36.8 Å². The Kier molecular flexibility index (Phi) is 5.27. The van der Waals surface area contributed by atoms with Crippen molar-refractivity contribution in [3.05, 3.63) is 29.3 Å². The SMILES string of the molecule is CNC(=O)[C@@H]1C[C@@H](N)CN1C(=O)c1ccc(C)c(NC(=O)C2CCC2)c1. The van der Waals surface area contributed by atoms with Crippen LogP contribution in [0, 0.1) is 12.8 Å². The number of carbonyl (C=O) groups excluding carboxylic acids is 3. The first-order chi connectivity index (χ1) is 12.4. The number of carbonyl (C=O) groups is 3. The van der Waals surface area contributed by atoms with Crippen molar-refractivity contribution in [2.75, 3.05) is 18.9 Å². The Morgan fingerprint density at radius 1 is 1.19 bits per heavy atom. The van der Waals surface area contributed by atoms with Crippen LogP contribution in [0.4, 0.5) is 5.69 Å². The largest absolute Gasteiger partial charge is 0.357 e. The summed E-state index contributed by atoms with van der Waals surface area (Å²) in [4.78, 5) is 38.8. The second-order valence-corrected chi connectivity index (χ2v) is 7.23. The van der Waals surface area contributed by atoms with E-state index in [4.69, 9.17) is 5.73 Å². The van der Waals surface area contributed by atoms with Crippen LogP contribution in [0.2, 0.25) is 0 Å². The molecule has 0 bridgehead atoms. The zero-order valence-corrected chi connectivity index (χ0v) is 15.2. The summed E-state index contributed by atoms with van der Waals surface area (Å²) in [6, 6.07) is 4.45. The van der Waals surface area contributed by atoms with E-state index in [1.165, 1.54) is 4.90 Å². The van der Waals surface area contributed by atoms with Crippen LogP contribution in [0.1, 0.15) is 41.6 Å². The molecule has 2 aliphatic rings. The second-order valence-electron chi connectivity index (χ2n) is 7.23. The highest BCUT2D eigenvalue weighted by molar-refractivity contribution is 6.00. The molecule has 0 aromatic heterocycles. The molecule has 1 aromatic rings. The highest BCUT2D eigenvalue weighted by Gasteiger charge is 2.38. The van der Waals surface area contributed by atoms with Crippen molar-refractivity contribution in [1.82, 2.24) is 10.2 Å². The zero-order valence-electron chi connectivity index (χ0n) is 15.2. The van der Waals surface area contributed by atoms with Crippen LogP contribution in [0.15, 0.2) is 18.2 Å². The maximum absolute atomic E-state index is 13.0.